The fourth-order valence-corrected chi connectivity index (χ4v) is 3.94. The van der Waals surface area contributed by atoms with Crippen molar-refractivity contribution in [3.63, 3.8) is 0 Å². The van der Waals surface area contributed by atoms with Gasteiger partial charge in [0.1, 0.15) is 0 Å². The Labute approximate surface area is 173 Å². The molecule has 0 unspecified atom stereocenters. The van der Waals surface area contributed by atoms with Crippen LogP contribution < -0.4 is 10.2 Å². The van der Waals surface area contributed by atoms with Gasteiger partial charge in [-0.05, 0) is 69.5 Å². The number of amides is 2. The van der Waals surface area contributed by atoms with E-state index in [1.807, 2.05) is 13.8 Å². The number of carbonyl (C=O) groups excluding carboxylic acids is 2. The first-order valence-corrected chi connectivity index (χ1v) is 10.6. The molecule has 2 amide bonds. The molecule has 1 N–H and O–H groups in total. The molecule has 5 heteroatoms. The molecule has 0 aliphatic carbocycles. The Balaban J connectivity index is 1.57. The Morgan fingerprint density at radius 2 is 1.76 bits per heavy atom. The Morgan fingerprint density at radius 3 is 2.45 bits per heavy atom. The molecule has 0 fully saturated rings. The minimum absolute atomic E-state index is 0.0110. The summed E-state index contributed by atoms with van der Waals surface area (Å²) in [7, 11) is 0. The Hall–Kier alpha value is -2.82. The van der Waals surface area contributed by atoms with E-state index in [2.05, 4.69) is 41.4 Å². The SMILES string of the molecule is CCN(CC)C(=O)c1ccc(NC(=O)CCN2c3ccccc3CC[C@H]2C)cc1. The van der Waals surface area contributed by atoms with Gasteiger partial charge in [0, 0.05) is 49.0 Å². The summed E-state index contributed by atoms with van der Waals surface area (Å²) in [5, 5.41) is 2.95. The first-order valence-electron chi connectivity index (χ1n) is 10.6. The number of aryl methyl sites for hydroxylation is 1. The van der Waals surface area contributed by atoms with Crippen molar-refractivity contribution in [2.75, 3.05) is 29.9 Å². The maximum atomic E-state index is 12.5. The summed E-state index contributed by atoms with van der Waals surface area (Å²) in [4.78, 5) is 29.0. The van der Waals surface area contributed by atoms with E-state index in [4.69, 9.17) is 0 Å². The van der Waals surface area contributed by atoms with Crippen LogP contribution in [0.25, 0.3) is 0 Å². The number of fused-ring (bicyclic) bond motifs is 1. The van der Waals surface area contributed by atoms with Gasteiger partial charge in [0.2, 0.25) is 5.91 Å². The number of para-hydroxylation sites is 1. The summed E-state index contributed by atoms with van der Waals surface area (Å²) in [5.41, 5.74) is 3.97. The second kappa shape index (κ2) is 9.59. The average molecular weight is 394 g/mol. The van der Waals surface area contributed by atoms with Crippen molar-refractivity contribution in [1.82, 2.24) is 4.90 Å². The van der Waals surface area contributed by atoms with Crippen molar-refractivity contribution in [3.8, 4) is 0 Å². The summed E-state index contributed by atoms with van der Waals surface area (Å²) >= 11 is 0. The van der Waals surface area contributed by atoms with Crippen molar-refractivity contribution < 1.29 is 9.59 Å². The van der Waals surface area contributed by atoms with E-state index in [0.29, 0.717) is 37.7 Å². The predicted octanol–water partition coefficient (Wildman–Crippen LogP) is 4.34. The van der Waals surface area contributed by atoms with Gasteiger partial charge in [0.15, 0.2) is 0 Å². The normalized spacial score (nSPS) is 15.6. The summed E-state index contributed by atoms with van der Waals surface area (Å²) in [6.45, 7) is 8.23. The number of nitrogens with one attached hydrogen (secondary N) is 1. The summed E-state index contributed by atoms with van der Waals surface area (Å²) in [6.07, 6.45) is 2.64. The zero-order valence-corrected chi connectivity index (χ0v) is 17.6. The lowest BCUT2D eigenvalue weighted by atomic mass is 9.96. The highest BCUT2D eigenvalue weighted by atomic mass is 16.2. The molecule has 0 bridgehead atoms. The molecule has 1 atom stereocenters. The van der Waals surface area contributed by atoms with E-state index in [0.717, 1.165) is 18.5 Å². The van der Waals surface area contributed by atoms with Gasteiger partial charge >= 0.3 is 0 Å². The van der Waals surface area contributed by atoms with Crippen LogP contribution in [0.2, 0.25) is 0 Å². The molecule has 1 aliphatic rings. The Morgan fingerprint density at radius 1 is 1.07 bits per heavy atom. The van der Waals surface area contributed by atoms with Crippen molar-refractivity contribution in [2.45, 2.75) is 46.1 Å². The molecule has 1 heterocycles. The standard InChI is InChI=1S/C24H31N3O2/c1-4-26(5-2)24(29)20-12-14-21(15-13-20)25-23(28)16-17-27-18(3)10-11-19-8-6-7-9-22(19)27/h6-9,12-15,18H,4-5,10-11,16-17H2,1-3H3,(H,25,28)/t18-/m1/s1. The van der Waals surface area contributed by atoms with E-state index in [1.54, 1.807) is 29.2 Å². The minimum atomic E-state index is -0.0110. The highest BCUT2D eigenvalue weighted by Gasteiger charge is 2.23. The number of nitrogens with zero attached hydrogens (tertiary/aromatic N) is 2. The van der Waals surface area contributed by atoms with Gasteiger partial charge in [-0.3, -0.25) is 9.59 Å². The number of benzene rings is 2. The third kappa shape index (κ3) is 4.97. The topological polar surface area (TPSA) is 52.7 Å². The number of rotatable bonds is 7. The van der Waals surface area contributed by atoms with Gasteiger partial charge in [-0.25, -0.2) is 0 Å². The van der Waals surface area contributed by atoms with E-state index in [-0.39, 0.29) is 11.8 Å². The van der Waals surface area contributed by atoms with Crippen LogP contribution in [0.3, 0.4) is 0 Å². The molecule has 1 aliphatic heterocycles. The molecule has 154 valence electrons. The first-order chi connectivity index (χ1) is 14.0. The number of hydrogen-bond donors (Lipinski definition) is 1. The maximum Gasteiger partial charge on any atom is 0.253 e. The molecule has 2 aromatic rings. The van der Waals surface area contributed by atoms with Gasteiger partial charge < -0.3 is 15.1 Å². The maximum absolute atomic E-state index is 12.5. The van der Waals surface area contributed by atoms with Gasteiger partial charge in [-0.1, -0.05) is 18.2 Å². The van der Waals surface area contributed by atoms with Crippen LogP contribution in [0.4, 0.5) is 11.4 Å². The van der Waals surface area contributed by atoms with Crippen molar-refractivity contribution in [3.05, 3.63) is 59.7 Å². The summed E-state index contributed by atoms with van der Waals surface area (Å²) in [5.74, 6) is 0.00806. The van der Waals surface area contributed by atoms with Gasteiger partial charge in [0.05, 0.1) is 0 Å². The van der Waals surface area contributed by atoms with Crippen molar-refractivity contribution >= 4 is 23.2 Å². The minimum Gasteiger partial charge on any atom is -0.368 e. The molecular formula is C24H31N3O2. The van der Waals surface area contributed by atoms with Crippen LogP contribution in [0.1, 0.15) is 49.5 Å². The smallest absolute Gasteiger partial charge is 0.253 e. The zero-order valence-electron chi connectivity index (χ0n) is 17.6. The highest BCUT2D eigenvalue weighted by Crippen LogP contribution is 2.30. The van der Waals surface area contributed by atoms with Gasteiger partial charge in [0.25, 0.3) is 5.91 Å². The van der Waals surface area contributed by atoms with Crippen LogP contribution in [-0.4, -0.2) is 42.4 Å². The lowest BCUT2D eigenvalue weighted by Gasteiger charge is -2.37. The molecule has 0 aromatic heterocycles. The van der Waals surface area contributed by atoms with Gasteiger partial charge in [-0.2, -0.15) is 0 Å². The van der Waals surface area contributed by atoms with E-state index in [1.165, 1.54) is 11.3 Å². The molecule has 29 heavy (non-hydrogen) atoms. The molecule has 0 spiro atoms. The van der Waals surface area contributed by atoms with Crippen LogP contribution >= 0.6 is 0 Å². The first kappa shape index (κ1) is 20.9. The fraction of sp³-hybridized carbons (Fsp3) is 0.417. The van der Waals surface area contributed by atoms with E-state index in [9.17, 15) is 9.59 Å². The quantitative estimate of drug-likeness (QED) is 0.761. The van der Waals surface area contributed by atoms with E-state index >= 15 is 0 Å². The highest BCUT2D eigenvalue weighted by molar-refractivity contribution is 5.95. The molecule has 5 nitrogen and oxygen atoms in total. The monoisotopic (exact) mass is 393 g/mol. The zero-order chi connectivity index (χ0) is 20.8. The molecule has 3 rings (SSSR count). The van der Waals surface area contributed by atoms with Crippen LogP contribution in [0.5, 0.6) is 0 Å². The number of anilines is 2. The second-order valence-electron chi connectivity index (χ2n) is 7.56. The molecule has 0 saturated carbocycles. The van der Waals surface area contributed by atoms with Crippen LogP contribution in [0.15, 0.2) is 48.5 Å². The number of hydrogen-bond acceptors (Lipinski definition) is 3. The third-order valence-corrected chi connectivity index (χ3v) is 5.71. The van der Waals surface area contributed by atoms with Crippen LogP contribution in [-0.2, 0) is 11.2 Å². The molecular weight excluding hydrogens is 362 g/mol. The summed E-state index contributed by atoms with van der Waals surface area (Å²) in [6, 6.07) is 16.0. The number of carbonyl (C=O) groups is 2. The molecule has 0 radical (unpaired) electrons. The molecule has 0 saturated heterocycles. The van der Waals surface area contributed by atoms with Crippen LogP contribution in [0, 0.1) is 0 Å². The average Bonchev–Trinajstić information content (AvgIpc) is 2.74. The Bertz CT molecular complexity index is 843. The van der Waals surface area contributed by atoms with Crippen molar-refractivity contribution in [1.29, 1.82) is 0 Å². The van der Waals surface area contributed by atoms with Crippen molar-refractivity contribution in [2.24, 2.45) is 0 Å². The third-order valence-electron chi connectivity index (χ3n) is 5.71. The fourth-order valence-electron chi connectivity index (χ4n) is 3.94. The van der Waals surface area contributed by atoms with Gasteiger partial charge in [-0.15, -0.1) is 0 Å². The largest absolute Gasteiger partial charge is 0.368 e. The lowest BCUT2D eigenvalue weighted by Crippen LogP contribution is -2.39. The second-order valence-corrected chi connectivity index (χ2v) is 7.56. The lowest BCUT2D eigenvalue weighted by molar-refractivity contribution is -0.116. The van der Waals surface area contributed by atoms with E-state index < -0.39 is 0 Å². The molecule has 2 aromatic carbocycles. The predicted molar refractivity (Wildman–Crippen MR) is 119 cm³/mol. The Kier molecular flexibility index (Phi) is 6.91. The summed E-state index contributed by atoms with van der Waals surface area (Å²) < 4.78 is 0.